The number of hydrogen-bond acceptors (Lipinski definition) is 4. The average molecular weight is 382 g/mol. The van der Waals surface area contributed by atoms with Crippen molar-refractivity contribution in [2.24, 2.45) is 7.05 Å². The fourth-order valence-corrected chi connectivity index (χ4v) is 5.97. The second kappa shape index (κ2) is 7.21. The summed E-state index contributed by atoms with van der Waals surface area (Å²) in [6.07, 6.45) is 6.48. The molecule has 2 aromatic rings. The quantitative estimate of drug-likeness (QED) is 0.812. The second-order valence-corrected chi connectivity index (χ2v) is 9.89. The minimum absolute atomic E-state index is 0.0555. The Kier molecular flexibility index (Phi) is 5.37. The highest BCUT2D eigenvalue weighted by molar-refractivity contribution is 7.89. The van der Waals surface area contributed by atoms with Crippen molar-refractivity contribution in [1.29, 1.82) is 0 Å². The normalized spacial score (nSPS) is 17.0. The summed E-state index contributed by atoms with van der Waals surface area (Å²) in [6, 6.07) is 1.83. The van der Waals surface area contributed by atoms with Gasteiger partial charge in [0.25, 0.3) is 0 Å². The van der Waals surface area contributed by atoms with Crippen LogP contribution in [0.1, 0.15) is 54.8 Å². The van der Waals surface area contributed by atoms with E-state index in [1.165, 1.54) is 12.8 Å². The molecule has 0 aromatic carbocycles. The lowest BCUT2D eigenvalue weighted by molar-refractivity contribution is 0.509. The molecule has 2 heterocycles. The topological polar surface area (TPSA) is 64.0 Å². The van der Waals surface area contributed by atoms with E-state index in [9.17, 15) is 8.42 Å². The van der Waals surface area contributed by atoms with Crippen molar-refractivity contribution in [1.82, 2.24) is 14.3 Å². The Labute approximate surface area is 154 Å². The first kappa shape index (κ1) is 18.6. The van der Waals surface area contributed by atoms with E-state index in [1.54, 1.807) is 17.4 Å². The number of aromatic nitrogens is 2. The predicted molar refractivity (Wildman–Crippen MR) is 103 cm³/mol. The number of hydrogen-bond donors (Lipinski definition) is 1. The van der Waals surface area contributed by atoms with E-state index in [-0.39, 0.29) is 6.04 Å². The van der Waals surface area contributed by atoms with Crippen molar-refractivity contribution in [2.45, 2.75) is 70.2 Å². The SMILES string of the molecule is Cc1nc(-c2cc(S(=O)(=O)NC3CCCCCC3)c(C)n2C)sc1C. The smallest absolute Gasteiger partial charge is 0.242 e. The van der Waals surface area contributed by atoms with Gasteiger partial charge in [0.1, 0.15) is 9.90 Å². The Morgan fingerprint density at radius 1 is 1.16 bits per heavy atom. The average Bonchev–Trinajstić information content (AvgIpc) is 2.91. The zero-order chi connectivity index (χ0) is 18.2. The summed E-state index contributed by atoms with van der Waals surface area (Å²) in [7, 11) is -1.61. The predicted octanol–water partition coefficient (Wildman–Crippen LogP) is 4.07. The second-order valence-electron chi connectivity index (χ2n) is 7.01. The van der Waals surface area contributed by atoms with Crippen molar-refractivity contribution in [2.75, 3.05) is 0 Å². The number of sulfonamides is 1. The molecule has 7 heteroatoms. The van der Waals surface area contributed by atoms with Crippen LogP contribution in [0.25, 0.3) is 10.7 Å². The molecule has 0 saturated heterocycles. The van der Waals surface area contributed by atoms with Gasteiger partial charge in [-0.25, -0.2) is 18.1 Å². The minimum Gasteiger partial charge on any atom is -0.345 e. The van der Waals surface area contributed by atoms with Gasteiger partial charge in [-0.05, 0) is 39.7 Å². The van der Waals surface area contributed by atoms with Gasteiger partial charge >= 0.3 is 0 Å². The molecule has 0 bridgehead atoms. The van der Waals surface area contributed by atoms with E-state index in [1.807, 2.05) is 32.4 Å². The van der Waals surface area contributed by atoms with E-state index in [4.69, 9.17) is 0 Å². The Hall–Kier alpha value is -1.18. The minimum atomic E-state index is -3.51. The molecule has 5 nitrogen and oxygen atoms in total. The van der Waals surface area contributed by atoms with E-state index < -0.39 is 10.0 Å². The van der Waals surface area contributed by atoms with Crippen molar-refractivity contribution < 1.29 is 8.42 Å². The molecule has 138 valence electrons. The summed E-state index contributed by atoms with van der Waals surface area (Å²) in [4.78, 5) is 6.12. The third kappa shape index (κ3) is 3.83. The van der Waals surface area contributed by atoms with Crippen LogP contribution >= 0.6 is 11.3 Å². The molecular weight excluding hydrogens is 354 g/mol. The third-order valence-corrected chi connectivity index (χ3v) is 7.93. The van der Waals surface area contributed by atoms with Gasteiger partial charge in [-0.1, -0.05) is 25.7 Å². The van der Waals surface area contributed by atoms with Crippen LogP contribution in [0.15, 0.2) is 11.0 Å². The van der Waals surface area contributed by atoms with Crippen LogP contribution in [-0.2, 0) is 17.1 Å². The Bertz CT molecular complexity index is 838. The molecule has 0 atom stereocenters. The van der Waals surface area contributed by atoms with E-state index >= 15 is 0 Å². The van der Waals surface area contributed by atoms with Gasteiger partial charge in [-0.3, -0.25) is 0 Å². The molecule has 25 heavy (non-hydrogen) atoms. The molecule has 0 unspecified atom stereocenters. The lowest BCUT2D eigenvalue weighted by Gasteiger charge is -2.16. The van der Waals surface area contributed by atoms with Gasteiger partial charge in [0.2, 0.25) is 10.0 Å². The lowest BCUT2D eigenvalue weighted by Crippen LogP contribution is -2.34. The van der Waals surface area contributed by atoms with Gasteiger partial charge in [-0.2, -0.15) is 0 Å². The third-order valence-electron chi connectivity index (χ3n) is 5.20. The molecule has 1 saturated carbocycles. The molecule has 0 amide bonds. The van der Waals surface area contributed by atoms with Crippen LogP contribution in [0.2, 0.25) is 0 Å². The number of thiazole rings is 1. The van der Waals surface area contributed by atoms with Crippen LogP contribution in [-0.4, -0.2) is 24.0 Å². The van der Waals surface area contributed by atoms with Gasteiger partial charge in [0, 0.05) is 23.7 Å². The summed E-state index contributed by atoms with van der Waals surface area (Å²) in [5.74, 6) is 0. The largest absolute Gasteiger partial charge is 0.345 e. The van der Waals surface area contributed by atoms with Crippen molar-refractivity contribution >= 4 is 21.4 Å². The number of nitrogens with zero attached hydrogens (tertiary/aromatic N) is 2. The summed E-state index contributed by atoms with van der Waals surface area (Å²) in [5, 5.41) is 0.872. The first-order chi connectivity index (χ1) is 11.8. The van der Waals surface area contributed by atoms with Gasteiger partial charge in [0.15, 0.2) is 0 Å². The molecule has 1 N–H and O–H groups in total. The fraction of sp³-hybridized carbons (Fsp3) is 0.611. The van der Waals surface area contributed by atoms with Gasteiger partial charge < -0.3 is 4.57 Å². The zero-order valence-corrected chi connectivity index (χ0v) is 17.1. The molecule has 3 rings (SSSR count). The first-order valence-corrected chi connectivity index (χ1v) is 11.2. The molecule has 1 aliphatic rings. The molecule has 1 aliphatic carbocycles. The molecule has 0 aliphatic heterocycles. The van der Waals surface area contributed by atoms with Gasteiger partial charge in [-0.15, -0.1) is 11.3 Å². The summed E-state index contributed by atoms with van der Waals surface area (Å²) in [5.41, 5.74) is 2.61. The maximum absolute atomic E-state index is 13.0. The first-order valence-electron chi connectivity index (χ1n) is 8.92. The van der Waals surface area contributed by atoms with Crippen LogP contribution < -0.4 is 4.72 Å². The highest BCUT2D eigenvalue weighted by Crippen LogP contribution is 2.32. The van der Waals surface area contributed by atoms with Crippen LogP contribution in [0.5, 0.6) is 0 Å². The molecular formula is C18H27N3O2S2. The van der Waals surface area contributed by atoms with E-state index in [0.29, 0.717) is 4.90 Å². The van der Waals surface area contributed by atoms with Crippen LogP contribution in [0.3, 0.4) is 0 Å². The summed E-state index contributed by atoms with van der Waals surface area (Å²) in [6.45, 7) is 5.88. The Morgan fingerprint density at radius 2 is 1.80 bits per heavy atom. The fourth-order valence-electron chi connectivity index (χ4n) is 3.41. The Balaban J connectivity index is 1.92. The summed E-state index contributed by atoms with van der Waals surface area (Å²) < 4.78 is 30.8. The summed E-state index contributed by atoms with van der Waals surface area (Å²) >= 11 is 1.61. The molecule has 0 radical (unpaired) electrons. The van der Waals surface area contributed by atoms with E-state index in [2.05, 4.69) is 9.71 Å². The number of aryl methyl sites for hydroxylation is 2. The zero-order valence-electron chi connectivity index (χ0n) is 15.4. The number of rotatable bonds is 4. The van der Waals surface area contributed by atoms with Crippen LogP contribution in [0.4, 0.5) is 0 Å². The Morgan fingerprint density at radius 3 is 2.36 bits per heavy atom. The monoisotopic (exact) mass is 381 g/mol. The van der Waals surface area contributed by atoms with Crippen molar-refractivity contribution in [3.05, 3.63) is 22.3 Å². The van der Waals surface area contributed by atoms with Crippen LogP contribution in [0, 0.1) is 20.8 Å². The molecule has 0 spiro atoms. The maximum atomic E-state index is 13.0. The standard InChI is InChI=1S/C18H27N3O2S2/c1-12-14(3)24-18(19-12)16-11-17(13(2)21(16)4)25(22,23)20-15-9-7-5-6-8-10-15/h11,15,20H,5-10H2,1-4H3. The molecule has 1 fully saturated rings. The molecule has 2 aromatic heterocycles. The van der Waals surface area contributed by atoms with Crippen molar-refractivity contribution in [3.8, 4) is 10.7 Å². The maximum Gasteiger partial charge on any atom is 0.242 e. The van der Waals surface area contributed by atoms with Crippen molar-refractivity contribution in [3.63, 3.8) is 0 Å². The number of nitrogens with one attached hydrogen (secondary N) is 1. The van der Waals surface area contributed by atoms with Gasteiger partial charge in [0.05, 0.1) is 11.4 Å². The highest BCUT2D eigenvalue weighted by atomic mass is 32.2. The lowest BCUT2D eigenvalue weighted by atomic mass is 10.1. The van der Waals surface area contributed by atoms with E-state index in [0.717, 1.165) is 52.6 Å². The highest BCUT2D eigenvalue weighted by Gasteiger charge is 2.26.